The van der Waals surface area contributed by atoms with Crippen molar-refractivity contribution in [3.63, 3.8) is 0 Å². The highest BCUT2D eigenvalue weighted by molar-refractivity contribution is 6.31. The minimum atomic E-state index is -0.411. The number of nitrogens with one attached hydrogen (secondary N) is 1. The maximum atomic E-state index is 13.6. The molecule has 2 amide bonds. The molecule has 0 aromatic heterocycles. The number of hydrogen-bond acceptors (Lipinski definition) is 2. The normalized spacial score (nSPS) is 10.3. The van der Waals surface area contributed by atoms with Gasteiger partial charge in [0.1, 0.15) is 5.82 Å². The summed E-state index contributed by atoms with van der Waals surface area (Å²) in [6.07, 6.45) is 0.733. The number of carbonyl (C=O) groups is 1. The average molecular weight is 289 g/mol. The van der Waals surface area contributed by atoms with Gasteiger partial charge in [-0.1, -0.05) is 17.7 Å². The summed E-state index contributed by atoms with van der Waals surface area (Å²) in [7, 11) is 3.20. The molecule has 1 aromatic rings. The Labute approximate surface area is 117 Å². The molecule has 0 unspecified atom stereocenters. The average Bonchev–Trinajstić information content (AvgIpc) is 2.38. The Balaban J connectivity index is 2.50. The standard InChI is InChI=1S/C13H18ClFN2O2/c1-17(13(18)16-7-4-8-19-2)9-10-11(14)5-3-6-12(10)15/h3,5-6H,4,7-9H2,1-2H3,(H,16,18). The predicted octanol–water partition coefficient (Wildman–Crippen LogP) is 2.66. The predicted molar refractivity (Wildman–Crippen MR) is 72.8 cm³/mol. The molecular formula is C13H18ClFN2O2. The molecule has 19 heavy (non-hydrogen) atoms. The van der Waals surface area contributed by atoms with E-state index < -0.39 is 5.82 Å². The number of urea groups is 1. The second-order valence-corrected chi connectivity index (χ2v) is 4.54. The van der Waals surface area contributed by atoms with Crippen LogP contribution in [0.1, 0.15) is 12.0 Å². The van der Waals surface area contributed by atoms with Gasteiger partial charge in [-0.05, 0) is 18.6 Å². The summed E-state index contributed by atoms with van der Waals surface area (Å²) >= 11 is 5.91. The lowest BCUT2D eigenvalue weighted by atomic mass is 10.2. The summed E-state index contributed by atoms with van der Waals surface area (Å²) in [4.78, 5) is 13.1. The van der Waals surface area contributed by atoms with Crippen LogP contribution in [0.2, 0.25) is 5.02 Å². The van der Waals surface area contributed by atoms with Crippen molar-refractivity contribution in [3.8, 4) is 0 Å². The van der Waals surface area contributed by atoms with E-state index in [1.54, 1.807) is 20.2 Å². The van der Waals surface area contributed by atoms with Crippen LogP contribution in [0.3, 0.4) is 0 Å². The van der Waals surface area contributed by atoms with Crippen molar-refractivity contribution in [3.05, 3.63) is 34.6 Å². The van der Waals surface area contributed by atoms with Crippen molar-refractivity contribution in [1.82, 2.24) is 10.2 Å². The van der Waals surface area contributed by atoms with E-state index in [1.807, 2.05) is 0 Å². The van der Waals surface area contributed by atoms with Crippen molar-refractivity contribution in [2.75, 3.05) is 27.3 Å². The second-order valence-electron chi connectivity index (χ2n) is 4.13. The van der Waals surface area contributed by atoms with E-state index in [-0.39, 0.29) is 12.6 Å². The summed E-state index contributed by atoms with van der Waals surface area (Å²) in [5.41, 5.74) is 0.318. The summed E-state index contributed by atoms with van der Waals surface area (Å²) in [6.45, 7) is 1.23. The molecule has 0 aliphatic carbocycles. The third kappa shape index (κ3) is 5.04. The molecule has 1 rings (SSSR count). The molecule has 1 N–H and O–H groups in total. The van der Waals surface area contributed by atoms with Crippen LogP contribution in [0.25, 0.3) is 0 Å². The van der Waals surface area contributed by atoms with E-state index >= 15 is 0 Å². The van der Waals surface area contributed by atoms with E-state index in [4.69, 9.17) is 16.3 Å². The number of hydrogen-bond donors (Lipinski definition) is 1. The second kappa shape index (κ2) is 7.96. The van der Waals surface area contributed by atoms with Gasteiger partial charge in [-0.15, -0.1) is 0 Å². The molecule has 0 aliphatic rings. The quantitative estimate of drug-likeness (QED) is 0.818. The van der Waals surface area contributed by atoms with E-state index in [0.29, 0.717) is 23.7 Å². The minimum absolute atomic E-state index is 0.127. The van der Waals surface area contributed by atoms with Crippen molar-refractivity contribution in [2.24, 2.45) is 0 Å². The topological polar surface area (TPSA) is 41.6 Å². The maximum Gasteiger partial charge on any atom is 0.317 e. The third-order valence-corrected chi connectivity index (χ3v) is 2.96. The number of methoxy groups -OCH3 is 1. The lowest BCUT2D eigenvalue weighted by Gasteiger charge is -2.19. The molecule has 0 spiro atoms. The van der Waals surface area contributed by atoms with Crippen LogP contribution in [0.15, 0.2) is 18.2 Å². The van der Waals surface area contributed by atoms with Gasteiger partial charge in [-0.2, -0.15) is 0 Å². The van der Waals surface area contributed by atoms with Crippen LogP contribution in [-0.2, 0) is 11.3 Å². The van der Waals surface area contributed by atoms with Crippen molar-refractivity contribution < 1.29 is 13.9 Å². The summed E-state index contributed by atoms with van der Waals surface area (Å²) in [5.74, 6) is -0.411. The fourth-order valence-electron chi connectivity index (χ4n) is 1.54. The SMILES string of the molecule is COCCCNC(=O)N(C)Cc1c(F)cccc1Cl. The number of ether oxygens (including phenoxy) is 1. The van der Waals surface area contributed by atoms with Crippen LogP contribution in [-0.4, -0.2) is 38.2 Å². The van der Waals surface area contributed by atoms with Gasteiger partial charge in [0, 0.05) is 37.9 Å². The van der Waals surface area contributed by atoms with E-state index in [1.165, 1.54) is 17.0 Å². The summed E-state index contributed by atoms with van der Waals surface area (Å²) < 4.78 is 18.4. The van der Waals surface area contributed by atoms with Gasteiger partial charge in [0.25, 0.3) is 0 Å². The Hall–Kier alpha value is -1.33. The molecule has 0 atom stereocenters. The Bertz CT molecular complexity index is 409. The summed E-state index contributed by atoms with van der Waals surface area (Å²) in [6, 6.07) is 4.19. The van der Waals surface area contributed by atoms with Gasteiger partial charge in [0.05, 0.1) is 6.54 Å². The Morgan fingerprint density at radius 3 is 2.89 bits per heavy atom. The highest BCUT2D eigenvalue weighted by atomic mass is 35.5. The van der Waals surface area contributed by atoms with Gasteiger partial charge in [0.15, 0.2) is 0 Å². The van der Waals surface area contributed by atoms with Crippen molar-refractivity contribution in [1.29, 1.82) is 0 Å². The zero-order valence-electron chi connectivity index (χ0n) is 11.1. The van der Waals surface area contributed by atoms with Crippen LogP contribution in [0, 0.1) is 5.82 Å². The molecule has 1 aromatic carbocycles. The minimum Gasteiger partial charge on any atom is -0.385 e. The van der Waals surface area contributed by atoms with Gasteiger partial charge in [-0.3, -0.25) is 0 Å². The van der Waals surface area contributed by atoms with Crippen LogP contribution in [0.5, 0.6) is 0 Å². The monoisotopic (exact) mass is 288 g/mol. The molecule has 0 bridgehead atoms. The van der Waals surface area contributed by atoms with Crippen LogP contribution in [0.4, 0.5) is 9.18 Å². The Kier molecular flexibility index (Phi) is 6.59. The smallest absolute Gasteiger partial charge is 0.317 e. The molecule has 0 saturated heterocycles. The number of amides is 2. The molecule has 106 valence electrons. The summed E-state index contributed by atoms with van der Waals surface area (Å²) in [5, 5.41) is 3.04. The fourth-order valence-corrected chi connectivity index (χ4v) is 1.76. The number of rotatable bonds is 6. The first-order valence-electron chi connectivity index (χ1n) is 5.97. The Morgan fingerprint density at radius 1 is 1.53 bits per heavy atom. The first kappa shape index (κ1) is 15.7. The molecule has 0 saturated carbocycles. The van der Waals surface area contributed by atoms with Crippen LogP contribution < -0.4 is 5.32 Å². The first-order valence-corrected chi connectivity index (χ1v) is 6.35. The first-order chi connectivity index (χ1) is 9.06. The van der Waals surface area contributed by atoms with Crippen molar-refractivity contribution >= 4 is 17.6 Å². The Morgan fingerprint density at radius 2 is 2.26 bits per heavy atom. The fraction of sp³-hybridized carbons (Fsp3) is 0.462. The van der Waals surface area contributed by atoms with Crippen molar-refractivity contribution in [2.45, 2.75) is 13.0 Å². The van der Waals surface area contributed by atoms with Gasteiger partial charge in [-0.25, -0.2) is 9.18 Å². The maximum absolute atomic E-state index is 13.6. The molecular weight excluding hydrogens is 271 g/mol. The van der Waals surface area contributed by atoms with Gasteiger partial charge in [0.2, 0.25) is 0 Å². The zero-order chi connectivity index (χ0) is 14.3. The molecule has 0 fully saturated rings. The lowest BCUT2D eigenvalue weighted by molar-refractivity contribution is 0.188. The number of nitrogens with zero attached hydrogens (tertiary/aromatic N) is 1. The molecule has 0 heterocycles. The highest BCUT2D eigenvalue weighted by Gasteiger charge is 2.13. The lowest BCUT2D eigenvalue weighted by Crippen LogP contribution is -2.37. The van der Waals surface area contributed by atoms with E-state index in [9.17, 15) is 9.18 Å². The largest absolute Gasteiger partial charge is 0.385 e. The molecule has 6 heteroatoms. The molecule has 0 aliphatic heterocycles. The van der Waals surface area contributed by atoms with Gasteiger partial charge < -0.3 is 15.0 Å². The highest BCUT2D eigenvalue weighted by Crippen LogP contribution is 2.20. The van der Waals surface area contributed by atoms with E-state index in [0.717, 1.165) is 6.42 Å². The molecule has 0 radical (unpaired) electrons. The molecule has 4 nitrogen and oxygen atoms in total. The number of carbonyl (C=O) groups excluding carboxylic acids is 1. The number of benzene rings is 1. The third-order valence-electron chi connectivity index (χ3n) is 2.61. The van der Waals surface area contributed by atoms with E-state index in [2.05, 4.69) is 5.32 Å². The van der Waals surface area contributed by atoms with Gasteiger partial charge >= 0.3 is 6.03 Å². The van der Waals surface area contributed by atoms with Crippen LogP contribution >= 0.6 is 11.6 Å². The zero-order valence-corrected chi connectivity index (χ0v) is 11.8. The number of halogens is 2.